The number of benzene rings is 2. The lowest BCUT2D eigenvalue weighted by atomic mass is 10.0. The number of hydrogen-bond acceptors (Lipinski definition) is 3. The van der Waals surface area contributed by atoms with E-state index in [2.05, 4.69) is 9.73 Å². The summed E-state index contributed by atoms with van der Waals surface area (Å²) in [7, 11) is 0. The zero-order valence-corrected chi connectivity index (χ0v) is 14.7. The molecule has 0 N–H and O–H groups in total. The maximum Gasteiger partial charge on any atom is 0.573 e. The van der Waals surface area contributed by atoms with Crippen LogP contribution in [0, 0.1) is 0 Å². The van der Waals surface area contributed by atoms with E-state index in [9.17, 15) is 18.0 Å². The van der Waals surface area contributed by atoms with Crippen LogP contribution >= 0.6 is 0 Å². The summed E-state index contributed by atoms with van der Waals surface area (Å²) in [6, 6.07) is 14.7. The molecule has 0 radical (unpaired) electrons. The minimum Gasteiger partial charge on any atom is -0.406 e. The summed E-state index contributed by atoms with van der Waals surface area (Å²) in [6.45, 7) is 0.293. The summed E-state index contributed by atoms with van der Waals surface area (Å²) < 4.78 is 41.0. The molecule has 2 aromatic rings. The number of rotatable bonds is 5. The first-order chi connectivity index (χ1) is 13.4. The van der Waals surface area contributed by atoms with Crippen molar-refractivity contribution in [2.45, 2.75) is 6.36 Å². The maximum atomic E-state index is 12.6. The lowest BCUT2D eigenvalue weighted by Crippen LogP contribution is -2.17. The van der Waals surface area contributed by atoms with Crippen molar-refractivity contribution in [2.75, 3.05) is 6.54 Å². The van der Waals surface area contributed by atoms with Crippen molar-refractivity contribution in [1.29, 1.82) is 0 Å². The van der Waals surface area contributed by atoms with Crippen molar-refractivity contribution in [2.24, 2.45) is 4.99 Å². The monoisotopic (exact) mass is 383 g/mol. The predicted octanol–water partition coefficient (Wildman–Crippen LogP) is 5.42. The fraction of sp³-hybridized carbons (Fsp3) is 0.0909. The topological polar surface area (TPSA) is 38.7 Å². The van der Waals surface area contributed by atoms with Crippen LogP contribution in [-0.2, 0) is 0 Å². The summed E-state index contributed by atoms with van der Waals surface area (Å²) in [5.74, 6) is -0.827. The van der Waals surface area contributed by atoms with E-state index in [0.29, 0.717) is 17.8 Å². The average molecular weight is 383 g/mol. The zero-order valence-electron chi connectivity index (χ0n) is 14.7. The molecule has 1 aliphatic heterocycles. The van der Waals surface area contributed by atoms with Crippen LogP contribution in [-0.4, -0.2) is 24.4 Å². The second kappa shape index (κ2) is 8.52. The van der Waals surface area contributed by atoms with E-state index >= 15 is 0 Å². The Bertz CT molecular complexity index is 971. The molecule has 0 unspecified atom stereocenters. The Balaban J connectivity index is 1.71. The van der Waals surface area contributed by atoms with Crippen LogP contribution in [0.4, 0.5) is 13.2 Å². The van der Waals surface area contributed by atoms with Crippen LogP contribution in [0.1, 0.15) is 15.9 Å². The third-order valence-corrected chi connectivity index (χ3v) is 3.86. The molecule has 1 heterocycles. The summed E-state index contributed by atoms with van der Waals surface area (Å²) in [5.41, 5.74) is 2.18. The normalized spacial score (nSPS) is 14.4. The molecule has 0 bridgehead atoms. The van der Waals surface area contributed by atoms with Gasteiger partial charge < -0.3 is 4.74 Å². The number of nitrogens with zero attached hydrogens (tertiary/aromatic N) is 1. The van der Waals surface area contributed by atoms with Gasteiger partial charge in [0.15, 0.2) is 5.78 Å². The average Bonchev–Trinajstić information content (AvgIpc) is 2.91. The Kier molecular flexibility index (Phi) is 5.89. The first-order valence-electron chi connectivity index (χ1n) is 8.47. The highest BCUT2D eigenvalue weighted by Gasteiger charge is 2.31. The highest BCUT2D eigenvalue weighted by Crippen LogP contribution is 2.24. The van der Waals surface area contributed by atoms with Gasteiger partial charge in [0.25, 0.3) is 0 Å². The first-order valence-corrected chi connectivity index (χ1v) is 8.47. The lowest BCUT2D eigenvalue weighted by Gasteiger charge is -2.09. The molecule has 0 spiro atoms. The SMILES string of the molecule is O=C(C1=CCN=C(/C=C/c2ccccc2)C=C1)c1cccc(OC(F)(F)F)c1. The molecule has 28 heavy (non-hydrogen) atoms. The predicted molar refractivity (Wildman–Crippen MR) is 102 cm³/mol. The van der Waals surface area contributed by atoms with Gasteiger partial charge in [0.2, 0.25) is 0 Å². The van der Waals surface area contributed by atoms with E-state index < -0.39 is 17.9 Å². The summed E-state index contributed by atoms with van der Waals surface area (Å²) in [4.78, 5) is 17.0. The molecule has 1 aliphatic rings. The molecule has 0 atom stereocenters. The van der Waals surface area contributed by atoms with Gasteiger partial charge in [0, 0.05) is 11.1 Å². The molecule has 3 rings (SSSR count). The molecule has 0 saturated heterocycles. The van der Waals surface area contributed by atoms with Gasteiger partial charge in [0.1, 0.15) is 5.75 Å². The van der Waals surface area contributed by atoms with Crippen molar-refractivity contribution in [3.05, 3.63) is 95.6 Å². The Hall–Kier alpha value is -3.41. The van der Waals surface area contributed by atoms with Gasteiger partial charge >= 0.3 is 6.36 Å². The van der Waals surface area contributed by atoms with E-state index in [0.717, 1.165) is 17.7 Å². The number of hydrogen-bond donors (Lipinski definition) is 0. The molecular formula is C22H16F3NO2. The zero-order chi connectivity index (χ0) is 20.0. The minimum absolute atomic E-state index is 0.112. The molecule has 0 saturated carbocycles. The maximum absolute atomic E-state index is 12.6. The van der Waals surface area contributed by atoms with Crippen molar-refractivity contribution in [1.82, 2.24) is 0 Å². The number of halogens is 3. The van der Waals surface area contributed by atoms with E-state index in [1.165, 1.54) is 12.1 Å². The Morgan fingerprint density at radius 2 is 1.79 bits per heavy atom. The second-order valence-electron chi connectivity index (χ2n) is 5.91. The largest absolute Gasteiger partial charge is 0.573 e. The van der Waals surface area contributed by atoms with Gasteiger partial charge in [-0.1, -0.05) is 54.6 Å². The number of allylic oxidation sites excluding steroid dienone is 4. The van der Waals surface area contributed by atoms with E-state index in [1.807, 2.05) is 42.5 Å². The standard InChI is InChI=1S/C22H16F3NO2/c23-22(24,25)28-20-8-4-7-18(15-20)21(27)17-10-12-19(26-14-13-17)11-9-16-5-2-1-3-6-16/h1-13,15H,14H2/b11-9+. The van der Waals surface area contributed by atoms with Crippen LogP contribution in [0.3, 0.4) is 0 Å². The second-order valence-corrected chi connectivity index (χ2v) is 5.91. The van der Waals surface area contributed by atoms with E-state index in [-0.39, 0.29) is 5.56 Å². The molecule has 0 aliphatic carbocycles. The number of aliphatic imine (C=N–C) groups is 1. The van der Waals surface area contributed by atoms with Gasteiger partial charge in [0.05, 0.1) is 12.3 Å². The van der Waals surface area contributed by atoms with Crippen LogP contribution < -0.4 is 4.74 Å². The number of Topliss-reactive ketones (excluding diaryl/α,β-unsaturated/α-hetero) is 1. The number of ether oxygens (including phenoxy) is 1. The first kappa shape index (κ1) is 19.4. The molecule has 0 amide bonds. The van der Waals surface area contributed by atoms with Gasteiger partial charge in [-0.3, -0.25) is 9.79 Å². The molecule has 0 fully saturated rings. The quantitative estimate of drug-likeness (QED) is 0.647. The van der Waals surface area contributed by atoms with Crippen LogP contribution in [0.2, 0.25) is 0 Å². The van der Waals surface area contributed by atoms with Gasteiger partial charge in [-0.2, -0.15) is 0 Å². The summed E-state index contributed by atoms with van der Waals surface area (Å²) in [6.07, 6.45) is 3.89. The molecule has 142 valence electrons. The van der Waals surface area contributed by atoms with E-state index in [1.54, 1.807) is 18.2 Å². The van der Waals surface area contributed by atoms with Crippen molar-refractivity contribution in [3.63, 3.8) is 0 Å². The van der Waals surface area contributed by atoms with E-state index in [4.69, 9.17) is 0 Å². The van der Waals surface area contributed by atoms with Crippen LogP contribution in [0.15, 0.2) is 89.5 Å². The number of ketones is 1. The van der Waals surface area contributed by atoms with Crippen molar-refractivity contribution >= 4 is 17.6 Å². The smallest absolute Gasteiger partial charge is 0.406 e. The highest BCUT2D eigenvalue weighted by molar-refractivity contribution is 6.13. The number of carbonyl (C=O) groups excluding carboxylic acids is 1. The fourth-order valence-electron chi connectivity index (χ4n) is 2.57. The molecule has 3 nitrogen and oxygen atoms in total. The highest BCUT2D eigenvalue weighted by atomic mass is 19.4. The molecule has 2 aromatic carbocycles. The Labute approximate surface area is 160 Å². The van der Waals surface area contributed by atoms with Crippen LogP contribution in [0.5, 0.6) is 5.75 Å². The molecule has 6 heteroatoms. The van der Waals surface area contributed by atoms with Gasteiger partial charge in [-0.15, -0.1) is 13.2 Å². The van der Waals surface area contributed by atoms with Gasteiger partial charge in [-0.05, 0) is 35.9 Å². The van der Waals surface area contributed by atoms with Crippen LogP contribution in [0.25, 0.3) is 6.08 Å². The third kappa shape index (κ3) is 5.54. The Morgan fingerprint density at radius 3 is 2.54 bits per heavy atom. The minimum atomic E-state index is -4.81. The fourth-order valence-corrected chi connectivity index (χ4v) is 2.57. The van der Waals surface area contributed by atoms with Crippen molar-refractivity contribution < 1.29 is 22.7 Å². The van der Waals surface area contributed by atoms with Crippen molar-refractivity contribution in [3.8, 4) is 5.75 Å². The number of alkyl halides is 3. The third-order valence-electron chi connectivity index (χ3n) is 3.86. The summed E-state index contributed by atoms with van der Waals surface area (Å²) in [5, 5.41) is 0. The van der Waals surface area contributed by atoms with Gasteiger partial charge in [-0.25, -0.2) is 0 Å². The Morgan fingerprint density at radius 1 is 1.00 bits per heavy atom. The summed E-state index contributed by atoms with van der Waals surface area (Å²) >= 11 is 0. The lowest BCUT2D eigenvalue weighted by molar-refractivity contribution is -0.274. The molecule has 0 aromatic heterocycles. The molecular weight excluding hydrogens is 367 g/mol. The number of carbonyl (C=O) groups is 1.